The number of nitrogens with zero attached hydrogens (tertiary/aromatic N) is 1. The third-order valence-electron chi connectivity index (χ3n) is 3.05. The van der Waals surface area contributed by atoms with E-state index in [1.54, 1.807) is 0 Å². The Kier molecular flexibility index (Phi) is 3.91. The highest BCUT2D eigenvalue weighted by atomic mass is 32.1. The van der Waals surface area contributed by atoms with Gasteiger partial charge in [0.1, 0.15) is 0 Å². The molecule has 0 bridgehead atoms. The average Bonchev–Trinajstić information content (AvgIpc) is 2.66. The van der Waals surface area contributed by atoms with E-state index in [1.165, 1.54) is 17.5 Å². The number of hydrogen-bond donors (Lipinski definition) is 1. The maximum Gasteiger partial charge on any atom is 0.0727 e. The summed E-state index contributed by atoms with van der Waals surface area (Å²) >= 11 is 4.86. The van der Waals surface area contributed by atoms with Gasteiger partial charge in [-0.1, -0.05) is 36.5 Å². The quantitative estimate of drug-likeness (QED) is 0.627. The summed E-state index contributed by atoms with van der Waals surface area (Å²) in [5.41, 5.74) is 8.44. The monoisotopic (exact) mass is 234 g/mol. The van der Waals surface area contributed by atoms with Gasteiger partial charge in [0, 0.05) is 13.1 Å². The number of benzene rings is 1. The molecule has 1 heterocycles. The lowest BCUT2D eigenvalue weighted by Crippen LogP contribution is -2.18. The third-order valence-corrected chi connectivity index (χ3v) is 3.26. The Morgan fingerprint density at radius 3 is 2.38 bits per heavy atom. The van der Waals surface area contributed by atoms with Gasteiger partial charge in [-0.3, -0.25) is 4.90 Å². The maximum absolute atomic E-state index is 5.47. The van der Waals surface area contributed by atoms with Crippen molar-refractivity contribution in [3.8, 4) is 0 Å². The van der Waals surface area contributed by atoms with E-state index in [9.17, 15) is 0 Å². The van der Waals surface area contributed by atoms with Gasteiger partial charge in [-0.15, -0.1) is 0 Å². The first-order valence-corrected chi connectivity index (χ1v) is 6.24. The number of fused-ring (bicyclic) bond motifs is 1. The van der Waals surface area contributed by atoms with E-state index in [0.717, 1.165) is 32.5 Å². The van der Waals surface area contributed by atoms with Crippen molar-refractivity contribution in [2.24, 2.45) is 5.73 Å². The van der Waals surface area contributed by atoms with Crippen LogP contribution in [0.15, 0.2) is 24.3 Å². The first-order valence-electron chi connectivity index (χ1n) is 5.83. The predicted octanol–water partition coefficient (Wildman–Crippen LogP) is 2.46. The summed E-state index contributed by atoms with van der Waals surface area (Å²) < 4.78 is 0. The second-order valence-corrected chi connectivity index (χ2v) is 4.93. The molecule has 2 rings (SSSR count). The summed E-state index contributed by atoms with van der Waals surface area (Å²) in [5, 5.41) is 0. The molecule has 0 unspecified atom stereocenters. The van der Waals surface area contributed by atoms with Crippen molar-refractivity contribution in [3.63, 3.8) is 0 Å². The molecule has 0 saturated heterocycles. The van der Waals surface area contributed by atoms with Crippen LogP contribution in [0, 0.1) is 0 Å². The lowest BCUT2D eigenvalue weighted by atomic mass is 10.1. The standard InChI is InChI=1S/C13H18N2S/c14-13(16)7-3-4-8-15-9-11-5-1-2-6-12(11)10-15/h1-2,5-6H,3-4,7-10H2,(H2,14,16). The molecule has 0 spiro atoms. The van der Waals surface area contributed by atoms with Crippen LogP contribution in [0.5, 0.6) is 0 Å². The van der Waals surface area contributed by atoms with Crippen LogP contribution in [-0.2, 0) is 13.1 Å². The summed E-state index contributed by atoms with van der Waals surface area (Å²) in [7, 11) is 0. The normalized spacial score (nSPS) is 15.0. The zero-order valence-electron chi connectivity index (χ0n) is 9.48. The minimum atomic E-state index is 0.643. The number of nitrogens with two attached hydrogens (primary N) is 1. The molecule has 0 aromatic heterocycles. The molecule has 1 aromatic rings. The van der Waals surface area contributed by atoms with Gasteiger partial charge in [-0.2, -0.15) is 0 Å². The van der Waals surface area contributed by atoms with Crippen LogP contribution in [0.1, 0.15) is 30.4 Å². The summed E-state index contributed by atoms with van der Waals surface area (Å²) in [6.07, 6.45) is 3.18. The number of unbranched alkanes of at least 4 members (excludes halogenated alkanes) is 1. The Bertz CT molecular complexity index is 351. The molecule has 2 nitrogen and oxygen atoms in total. The van der Waals surface area contributed by atoms with Crippen molar-refractivity contribution in [1.29, 1.82) is 0 Å². The Morgan fingerprint density at radius 1 is 1.19 bits per heavy atom. The first kappa shape index (κ1) is 11.6. The molecular weight excluding hydrogens is 216 g/mol. The summed E-state index contributed by atoms with van der Waals surface area (Å²) in [6.45, 7) is 3.35. The molecule has 0 saturated carbocycles. The molecule has 0 amide bonds. The molecule has 0 radical (unpaired) electrons. The minimum absolute atomic E-state index is 0.643. The second kappa shape index (κ2) is 5.41. The fraction of sp³-hybridized carbons (Fsp3) is 0.462. The summed E-state index contributed by atoms with van der Waals surface area (Å²) in [6, 6.07) is 8.69. The number of thiocarbonyl (C=S) groups is 1. The Balaban J connectivity index is 1.73. The molecule has 1 aromatic carbocycles. The van der Waals surface area contributed by atoms with E-state index in [2.05, 4.69) is 29.2 Å². The van der Waals surface area contributed by atoms with E-state index in [4.69, 9.17) is 18.0 Å². The highest BCUT2D eigenvalue weighted by Gasteiger charge is 2.16. The van der Waals surface area contributed by atoms with Gasteiger partial charge in [-0.25, -0.2) is 0 Å². The molecule has 1 aliphatic heterocycles. The largest absolute Gasteiger partial charge is 0.393 e. The van der Waals surface area contributed by atoms with Gasteiger partial charge in [0.15, 0.2) is 0 Å². The average molecular weight is 234 g/mol. The molecular formula is C13H18N2S. The van der Waals surface area contributed by atoms with Gasteiger partial charge in [-0.05, 0) is 36.9 Å². The van der Waals surface area contributed by atoms with Crippen LogP contribution >= 0.6 is 12.2 Å². The molecule has 0 atom stereocenters. The Labute approximate surface area is 102 Å². The van der Waals surface area contributed by atoms with Crippen LogP contribution in [0.4, 0.5) is 0 Å². The molecule has 86 valence electrons. The molecule has 16 heavy (non-hydrogen) atoms. The highest BCUT2D eigenvalue weighted by Crippen LogP contribution is 2.22. The summed E-state index contributed by atoms with van der Waals surface area (Å²) in [5.74, 6) is 0. The van der Waals surface area contributed by atoms with Crippen molar-refractivity contribution in [3.05, 3.63) is 35.4 Å². The molecule has 2 N–H and O–H groups in total. The van der Waals surface area contributed by atoms with Gasteiger partial charge in [0.25, 0.3) is 0 Å². The van der Waals surface area contributed by atoms with Crippen LogP contribution in [0.2, 0.25) is 0 Å². The van der Waals surface area contributed by atoms with E-state index in [-0.39, 0.29) is 0 Å². The number of rotatable bonds is 5. The first-order chi connectivity index (χ1) is 7.75. The SMILES string of the molecule is NC(=S)CCCCN1Cc2ccccc2C1. The smallest absolute Gasteiger partial charge is 0.0727 e. The number of hydrogen-bond acceptors (Lipinski definition) is 2. The predicted molar refractivity (Wildman–Crippen MR) is 71.2 cm³/mol. The van der Waals surface area contributed by atoms with Crippen LogP contribution in [0.25, 0.3) is 0 Å². The van der Waals surface area contributed by atoms with Gasteiger partial charge >= 0.3 is 0 Å². The minimum Gasteiger partial charge on any atom is -0.393 e. The molecule has 3 heteroatoms. The topological polar surface area (TPSA) is 29.3 Å². The fourth-order valence-corrected chi connectivity index (χ4v) is 2.34. The Hall–Kier alpha value is -0.930. The van der Waals surface area contributed by atoms with Crippen molar-refractivity contribution in [1.82, 2.24) is 4.90 Å². The van der Waals surface area contributed by atoms with Gasteiger partial charge in [0.2, 0.25) is 0 Å². The molecule has 0 fully saturated rings. The van der Waals surface area contributed by atoms with E-state index < -0.39 is 0 Å². The zero-order chi connectivity index (χ0) is 11.4. The lowest BCUT2D eigenvalue weighted by molar-refractivity contribution is 0.278. The van der Waals surface area contributed by atoms with Gasteiger partial charge in [0.05, 0.1) is 4.99 Å². The second-order valence-electron chi connectivity index (χ2n) is 4.40. The molecule has 0 aliphatic carbocycles. The van der Waals surface area contributed by atoms with E-state index >= 15 is 0 Å². The van der Waals surface area contributed by atoms with Crippen molar-refractivity contribution < 1.29 is 0 Å². The van der Waals surface area contributed by atoms with E-state index in [1.807, 2.05) is 0 Å². The van der Waals surface area contributed by atoms with Crippen molar-refractivity contribution in [2.75, 3.05) is 6.54 Å². The van der Waals surface area contributed by atoms with Crippen LogP contribution in [0.3, 0.4) is 0 Å². The lowest BCUT2D eigenvalue weighted by Gasteiger charge is -2.13. The van der Waals surface area contributed by atoms with Gasteiger partial charge < -0.3 is 5.73 Å². The van der Waals surface area contributed by atoms with Crippen LogP contribution < -0.4 is 5.73 Å². The van der Waals surface area contributed by atoms with Crippen molar-refractivity contribution in [2.45, 2.75) is 32.4 Å². The third kappa shape index (κ3) is 3.03. The zero-order valence-corrected chi connectivity index (χ0v) is 10.3. The maximum atomic E-state index is 5.47. The van der Waals surface area contributed by atoms with Crippen molar-refractivity contribution >= 4 is 17.2 Å². The highest BCUT2D eigenvalue weighted by molar-refractivity contribution is 7.80. The summed E-state index contributed by atoms with van der Waals surface area (Å²) in [4.78, 5) is 3.13. The Morgan fingerprint density at radius 2 is 1.81 bits per heavy atom. The molecule has 1 aliphatic rings. The van der Waals surface area contributed by atoms with Crippen LogP contribution in [-0.4, -0.2) is 16.4 Å². The van der Waals surface area contributed by atoms with E-state index in [0.29, 0.717) is 4.99 Å². The fourth-order valence-electron chi connectivity index (χ4n) is 2.20.